The van der Waals surface area contributed by atoms with Crippen LogP contribution in [-0.2, 0) is 9.53 Å². The zero-order chi connectivity index (χ0) is 10.4. The van der Waals surface area contributed by atoms with E-state index in [0.717, 1.165) is 13.1 Å². The first-order valence-corrected chi connectivity index (χ1v) is 5.31. The summed E-state index contributed by atoms with van der Waals surface area (Å²) in [5.41, 5.74) is 0.578. The van der Waals surface area contributed by atoms with Crippen molar-refractivity contribution in [2.45, 2.75) is 26.2 Å². The van der Waals surface area contributed by atoms with Crippen LogP contribution < -0.4 is 0 Å². The second-order valence-corrected chi connectivity index (χ2v) is 3.66. The largest absolute Gasteiger partial charge is 0.463 e. The Hall–Kier alpha value is -0.830. The van der Waals surface area contributed by atoms with Crippen molar-refractivity contribution in [3.05, 3.63) is 12.2 Å². The highest BCUT2D eigenvalue weighted by atomic mass is 16.5. The summed E-state index contributed by atoms with van der Waals surface area (Å²) in [7, 11) is 0. The van der Waals surface area contributed by atoms with Gasteiger partial charge in [0.15, 0.2) is 0 Å². The highest BCUT2D eigenvalue weighted by Gasteiger charge is 2.15. The molecule has 1 heterocycles. The number of carbonyl (C=O) groups is 1. The summed E-state index contributed by atoms with van der Waals surface area (Å²) >= 11 is 0. The highest BCUT2D eigenvalue weighted by molar-refractivity contribution is 5.88. The van der Waals surface area contributed by atoms with E-state index < -0.39 is 0 Å². The number of rotatable bonds is 4. The summed E-state index contributed by atoms with van der Waals surface area (Å²) in [6.45, 7) is 8.82. The van der Waals surface area contributed by atoms with Crippen LogP contribution in [0.4, 0.5) is 0 Å². The molecule has 0 N–H and O–H groups in total. The predicted octanol–water partition coefficient (Wildman–Crippen LogP) is 1.59. The van der Waals surface area contributed by atoms with E-state index in [1.807, 2.05) is 6.92 Å². The molecule has 1 rings (SSSR count). The van der Waals surface area contributed by atoms with Gasteiger partial charge in [0, 0.05) is 12.1 Å². The lowest BCUT2D eigenvalue weighted by Crippen LogP contribution is -2.33. The van der Waals surface area contributed by atoms with Crippen LogP contribution in [0.15, 0.2) is 12.2 Å². The topological polar surface area (TPSA) is 29.5 Å². The number of piperidine rings is 1. The summed E-state index contributed by atoms with van der Waals surface area (Å²) in [6.07, 6.45) is 3.77. The summed E-state index contributed by atoms with van der Waals surface area (Å²) in [4.78, 5) is 13.5. The summed E-state index contributed by atoms with van der Waals surface area (Å²) in [5, 5.41) is 0. The van der Waals surface area contributed by atoms with E-state index in [0.29, 0.717) is 18.7 Å². The standard InChI is InChI=1S/C11H19NO2/c1-3-14-11(13)10(2)9-12-7-5-4-6-8-12/h2-9H2,1H3. The van der Waals surface area contributed by atoms with Gasteiger partial charge in [0.05, 0.1) is 6.61 Å². The van der Waals surface area contributed by atoms with Crippen molar-refractivity contribution in [1.29, 1.82) is 0 Å². The Morgan fingerprint density at radius 2 is 2.00 bits per heavy atom. The lowest BCUT2D eigenvalue weighted by molar-refractivity contribution is -0.138. The van der Waals surface area contributed by atoms with Crippen molar-refractivity contribution in [2.75, 3.05) is 26.2 Å². The number of ether oxygens (including phenoxy) is 1. The molecule has 0 atom stereocenters. The van der Waals surface area contributed by atoms with E-state index in [-0.39, 0.29) is 5.97 Å². The molecule has 14 heavy (non-hydrogen) atoms. The molecule has 1 fully saturated rings. The van der Waals surface area contributed by atoms with Crippen LogP contribution in [0.1, 0.15) is 26.2 Å². The van der Waals surface area contributed by atoms with Gasteiger partial charge in [-0.1, -0.05) is 13.0 Å². The molecule has 0 spiro atoms. The molecule has 0 saturated carbocycles. The van der Waals surface area contributed by atoms with Gasteiger partial charge in [-0.05, 0) is 32.9 Å². The molecule has 1 aliphatic rings. The maximum Gasteiger partial charge on any atom is 0.334 e. The van der Waals surface area contributed by atoms with E-state index >= 15 is 0 Å². The van der Waals surface area contributed by atoms with Gasteiger partial charge >= 0.3 is 5.97 Å². The Labute approximate surface area is 85.7 Å². The number of hydrogen-bond donors (Lipinski definition) is 0. The minimum absolute atomic E-state index is 0.252. The van der Waals surface area contributed by atoms with E-state index in [1.165, 1.54) is 19.3 Å². The van der Waals surface area contributed by atoms with Crippen molar-refractivity contribution >= 4 is 5.97 Å². The van der Waals surface area contributed by atoms with Crippen molar-refractivity contribution < 1.29 is 9.53 Å². The SMILES string of the molecule is C=C(CN1CCCCC1)C(=O)OCC. The van der Waals surface area contributed by atoms with Gasteiger partial charge in [0.2, 0.25) is 0 Å². The van der Waals surface area contributed by atoms with Crippen LogP contribution in [-0.4, -0.2) is 37.1 Å². The molecular formula is C11H19NO2. The molecule has 0 aromatic carbocycles. The zero-order valence-corrected chi connectivity index (χ0v) is 8.92. The Bertz CT molecular complexity index is 207. The van der Waals surface area contributed by atoms with Crippen molar-refractivity contribution in [3.63, 3.8) is 0 Å². The summed E-state index contributed by atoms with van der Waals surface area (Å²) in [6, 6.07) is 0. The minimum atomic E-state index is -0.252. The number of carbonyl (C=O) groups excluding carboxylic acids is 1. The summed E-state index contributed by atoms with van der Waals surface area (Å²) in [5.74, 6) is -0.252. The van der Waals surface area contributed by atoms with Crippen LogP contribution in [0.3, 0.4) is 0 Å². The maximum absolute atomic E-state index is 11.3. The molecule has 0 bridgehead atoms. The number of likely N-dealkylation sites (tertiary alicyclic amines) is 1. The molecule has 1 saturated heterocycles. The second-order valence-electron chi connectivity index (χ2n) is 3.66. The second kappa shape index (κ2) is 5.81. The molecule has 0 unspecified atom stereocenters. The van der Waals surface area contributed by atoms with Gasteiger partial charge in [-0.25, -0.2) is 4.79 Å². The molecule has 3 nitrogen and oxygen atoms in total. The third-order valence-electron chi connectivity index (χ3n) is 2.43. The first kappa shape index (κ1) is 11.2. The van der Waals surface area contributed by atoms with Gasteiger partial charge < -0.3 is 4.74 Å². The smallest absolute Gasteiger partial charge is 0.334 e. The Kier molecular flexibility index (Phi) is 4.66. The molecular weight excluding hydrogens is 178 g/mol. The molecule has 0 aliphatic carbocycles. The maximum atomic E-state index is 11.3. The Balaban J connectivity index is 2.28. The van der Waals surface area contributed by atoms with Crippen LogP contribution in [0.2, 0.25) is 0 Å². The lowest BCUT2D eigenvalue weighted by Gasteiger charge is -2.26. The first-order valence-electron chi connectivity index (χ1n) is 5.31. The average molecular weight is 197 g/mol. The number of hydrogen-bond acceptors (Lipinski definition) is 3. The predicted molar refractivity (Wildman–Crippen MR) is 56.1 cm³/mol. The average Bonchev–Trinajstić information content (AvgIpc) is 2.19. The van der Waals surface area contributed by atoms with Crippen molar-refractivity contribution in [3.8, 4) is 0 Å². The van der Waals surface area contributed by atoms with Gasteiger partial charge in [-0.15, -0.1) is 0 Å². The fraction of sp³-hybridized carbons (Fsp3) is 0.727. The number of nitrogens with zero attached hydrogens (tertiary/aromatic N) is 1. The third kappa shape index (κ3) is 3.50. The van der Waals surface area contributed by atoms with E-state index in [9.17, 15) is 4.79 Å². The van der Waals surface area contributed by atoms with Crippen molar-refractivity contribution in [1.82, 2.24) is 4.90 Å². The molecule has 80 valence electrons. The normalized spacial score (nSPS) is 17.8. The molecule has 1 aliphatic heterocycles. The van der Waals surface area contributed by atoms with Crippen LogP contribution >= 0.6 is 0 Å². The monoisotopic (exact) mass is 197 g/mol. The minimum Gasteiger partial charge on any atom is -0.463 e. The van der Waals surface area contributed by atoms with Crippen LogP contribution in [0.5, 0.6) is 0 Å². The van der Waals surface area contributed by atoms with Crippen LogP contribution in [0, 0.1) is 0 Å². The van der Waals surface area contributed by atoms with Gasteiger partial charge in [-0.3, -0.25) is 4.90 Å². The summed E-state index contributed by atoms with van der Waals surface area (Å²) < 4.78 is 4.88. The van der Waals surface area contributed by atoms with E-state index in [1.54, 1.807) is 0 Å². The molecule has 3 heteroatoms. The molecule has 0 radical (unpaired) electrons. The Morgan fingerprint density at radius 3 is 2.57 bits per heavy atom. The van der Waals surface area contributed by atoms with Crippen LogP contribution in [0.25, 0.3) is 0 Å². The molecule has 0 aromatic rings. The van der Waals surface area contributed by atoms with Gasteiger partial charge in [-0.2, -0.15) is 0 Å². The molecule has 0 amide bonds. The lowest BCUT2D eigenvalue weighted by atomic mass is 10.1. The highest BCUT2D eigenvalue weighted by Crippen LogP contribution is 2.10. The third-order valence-corrected chi connectivity index (χ3v) is 2.43. The fourth-order valence-corrected chi connectivity index (χ4v) is 1.69. The van der Waals surface area contributed by atoms with E-state index in [4.69, 9.17) is 4.74 Å². The van der Waals surface area contributed by atoms with E-state index in [2.05, 4.69) is 11.5 Å². The fourth-order valence-electron chi connectivity index (χ4n) is 1.69. The zero-order valence-electron chi connectivity index (χ0n) is 8.92. The quantitative estimate of drug-likeness (QED) is 0.506. The Morgan fingerprint density at radius 1 is 1.36 bits per heavy atom. The molecule has 0 aromatic heterocycles. The van der Waals surface area contributed by atoms with Crippen molar-refractivity contribution in [2.24, 2.45) is 0 Å². The van der Waals surface area contributed by atoms with Gasteiger partial charge in [0.1, 0.15) is 0 Å². The van der Waals surface area contributed by atoms with Gasteiger partial charge in [0.25, 0.3) is 0 Å². The first-order chi connectivity index (χ1) is 6.74. The number of esters is 1.